The normalized spacial score (nSPS) is 16.1. The van der Waals surface area contributed by atoms with E-state index in [1.807, 2.05) is 24.3 Å². The quantitative estimate of drug-likeness (QED) is 0.667. The van der Waals surface area contributed by atoms with Crippen molar-refractivity contribution in [3.8, 4) is 11.5 Å². The van der Waals surface area contributed by atoms with E-state index in [9.17, 15) is 9.59 Å². The smallest absolute Gasteiger partial charge is 0.253 e. The molecule has 0 radical (unpaired) electrons. The molecule has 0 spiro atoms. The van der Waals surface area contributed by atoms with Crippen molar-refractivity contribution in [2.24, 2.45) is 5.92 Å². The first-order valence-corrected chi connectivity index (χ1v) is 10.4. The topological polar surface area (TPSA) is 67.9 Å². The molecule has 0 aliphatic carbocycles. The van der Waals surface area contributed by atoms with Crippen molar-refractivity contribution in [2.45, 2.75) is 19.4 Å². The number of amides is 2. The van der Waals surface area contributed by atoms with Gasteiger partial charge in [0.25, 0.3) is 5.91 Å². The number of nitrogens with zero attached hydrogens (tertiary/aromatic N) is 1. The van der Waals surface area contributed by atoms with Gasteiger partial charge in [-0.1, -0.05) is 12.1 Å². The molecule has 2 aromatic carbocycles. The molecule has 0 saturated carbocycles. The summed E-state index contributed by atoms with van der Waals surface area (Å²) in [6, 6.07) is 13.4. The van der Waals surface area contributed by atoms with E-state index in [4.69, 9.17) is 9.47 Å². The van der Waals surface area contributed by atoms with Crippen molar-refractivity contribution in [1.29, 1.82) is 0 Å². The van der Waals surface area contributed by atoms with Crippen molar-refractivity contribution in [2.75, 3.05) is 19.9 Å². The SMILES string of the molecule is O=C(NCc1ccc(I)cc1)C1CCN(C(=O)c2ccc3c(c2)OCO3)CC1. The van der Waals surface area contributed by atoms with Gasteiger partial charge in [-0.05, 0) is 71.3 Å². The van der Waals surface area contributed by atoms with Crippen LogP contribution < -0.4 is 14.8 Å². The summed E-state index contributed by atoms with van der Waals surface area (Å²) in [5.41, 5.74) is 1.68. The fourth-order valence-corrected chi connectivity index (χ4v) is 3.85. The number of ether oxygens (including phenoxy) is 2. The molecule has 28 heavy (non-hydrogen) atoms. The van der Waals surface area contributed by atoms with E-state index < -0.39 is 0 Å². The molecule has 0 aromatic heterocycles. The Morgan fingerprint density at radius 3 is 2.50 bits per heavy atom. The average molecular weight is 492 g/mol. The summed E-state index contributed by atoms with van der Waals surface area (Å²) in [4.78, 5) is 27.0. The molecule has 0 unspecified atom stereocenters. The number of carbonyl (C=O) groups is 2. The Labute approximate surface area is 177 Å². The number of likely N-dealkylation sites (tertiary alicyclic amines) is 1. The Bertz CT molecular complexity index is 876. The van der Waals surface area contributed by atoms with Gasteiger partial charge in [-0.3, -0.25) is 9.59 Å². The van der Waals surface area contributed by atoms with E-state index in [0.717, 1.165) is 5.56 Å². The van der Waals surface area contributed by atoms with Gasteiger partial charge in [0.05, 0.1) is 0 Å². The Morgan fingerprint density at radius 1 is 1.04 bits per heavy atom. The molecule has 1 fully saturated rings. The zero-order valence-corrected chi connectivity index (χ0v) is 17.5. The third-order valence-electron chi connectivity index (χ3n) is 5.15. The van der Waals surface area contributed by atoms with E-state index in [2.05, 4.69) is 27.9 Å². The van der Waals surface area contributed by atoms with Gasteiger partial charge in [-0.15, -0.1) is 0 Å². The second-order valence-electron chi connectivity index (χ2n) is 6.98. The standard InChI is InChI=1S/C21H21IN2O4/c22-17-4-1-14(2-5-17)12-23-20(25)15-7-9-24(10-8-15)21(26)16-3-6-18-19(11-16)28-13-27-18/h1-6,11,15H,7-10,12-13H2,(H,23,25). The van der Waals surface area contributed by atoms with Crippen LogP contribution >= 0.6 is 22.6 Å². The van der Waals surface area contributed by atoms with Crippen LogP contribution in [0.3, 0.4) is 0 Å². The van der Waals surface area contributed by atoms with Gasteiger partial charge in [0.2, 0.25) is 12.7 Å². The number of halogens is 1. The minimum Gasteiger partial charge on any atom is -0.454 e. The molecular weight excluding hydrogens is 471 g/mol. The lowest BCUT2D eigenvalue weighted by Crippen LogP contribution is -2.42. The summed E-state index contributed by atoms with van der Waals surface area (Å²) < 4.78 is 11.8. The molecule has 2 aromatic rings. The number of rotatable bonds is 4. The second-order valence-corrected chi connectivity index (χ2v) is 8.22. The largest absolute Gasteiger partial charge is 0.454 e. The number of nitrogens with one attached hydrogen (secondary N) is 1. The van der Waals surface area contributed by atoms with Crippen molar-refractivity contribution in [1.82, 2.24) is 10.2 Å². The fraction of sp³-hybridized carbons (Fsp3) is 0.333. The highest BCUT2D eigenvalue weighted by molar-refractivity contribution is 14.1. The first-order chi connectivity index (χ1) is 13.6. The monoisotopic (exact) mass is 492 g/mol. The first kappa shape index (κ1) is 19.0. The van der Waals surface area contributed by atoms with Gasteiger partial charge in [0.15, 0.2) is 11.5 Å². The lowest BCUT2D eigenvalue weighted by molar-refractivity contribution is -0.126. The van der Waals surface area contributed by atoms with Crippen LogP contribution in [0, 0.1) is 9.49 Å². The minimum absolute atomic E-state index is 0.0314. The van der Waals surface area contributed by atoms with Crippen molar-refractivity contribution in [3.63, 3.8) is 0 Å². The lowest BCUT2D eigenvalue weighted by Gasteiger charge is -2.31. The number of hydrogen-bond acceptors (Lipinski definition) is 4. The molecule has 2 heterocycles. The Hall–Kier alpha value is -2.29. The van der Waals surface area contributed by atoms with Gasteiger partial charge in [0, 0.05) is 34.7 Å². The molecule has 1 saturated heterocycles. The molecule has 2 aliphatic rings. The fourth-order valence-electron chi connectivity index (χ4n) is 3.49. The van der Waals surface area contributed by atoms with Crippen LogP contribution in [-0.4, -0.2) is 36.6 Å². The Kier molecular flexibility index (Phi) is 5.70. The van der Waals surface area contributed by atoms with Crippen molar-refractivity contribution >= 4 is 34.4 Å². The molecule has 0 bridgehead atoms. The van der Waals surface area contributed by atoms with Crippen molar-refractivity contribution < 1.29 is 19.1 Å². The Balaban J connectivity index is 1.28. The molecule has 2 aliphatic heterocycles. The average Bonchev–Trinajstić information content (AvgIpc) is 3.20. The molecule has 1 N–H and O–H groups in total. The van der Waals surface area contributed by atoms with Gasteiger partial charge in [-0.2, -0.15) is 0 Å². The van der Waals surface area contributed by atoms with Gasteiger partial charge >= 0.3 is 0 Å². The van der Waals surface area contributed by atoms with Crippen LogP contribution in [-0.2, 0) is 11.3 Å². The zero-order chi connectivity index (χ0) is 19.5. The van der Waals surface area contributed by atoms with Crippen molar-refractivity contribution in [3.05, 3.63) is 57.2 Å². The summed E-state index contributed by atoms with van der Waals surface area (Å²) in [6.07, 6.45) is 1.35. The predicted octanol–water partition coefficient (Wildman–Crippen LogP) is 3.19. The van der Waals surface area contributed by atoms with Gasteiger partial charge in [0.1, 0.15) is 0 Å². The third-order valence-corrected chi connectivity index (χ3v) is 5.87. The third kappa shape index (κ3) is 4.24. The maximum atomic E-state index is 12.7. The van der Waals surface area contributed by atoms with Gasteiger partial charge in [-0.25, -0.2) is 0 Å². The summed E-state index contributed by atoms with van der Waals surface area (Å²) in [5.74, 6) is 1.25. The zero-order valence-electron chi connectivity index (χ0n) is 15.3. The molecule has 146 valence electrons. The predicted molar refractivity (Wildman–Crippen MR) is 112 cm³/mol. The molecule has 2 amide bonds. The van der Waals surface area contributed by atoms with E-state index in [-0.39, 0.29) is 24.5 Å². The highest BCUT2D eigenvalue weighted by Crippen LogP contribution is 2.33. The molecule has 0 atom stereocenters. The molecular formula is C21H21IN2O4. The summed E-state index contributed by atoms with van der Waals surface area (Å²) in [7, 11) is 0. The minimum atomic E-state index is -0.0512. The van der Waals surface area contributed by atoms with Crippen LogP contribution in [0.5, 0.6) is 11.5 Å². The summed E-state index contributed by atoms with van der Waals surface area (Å²) in [6.45, 7) is 1.88. The van der Waals surface area contributed by atoms with Crippen LogP contribution in [0.4, 0.5) is 0 Å². The first-order valence-electron chi connectivity index (χ1n) is 9.31. The lowest BCUT2D eigenvalue weighted by atomic mass is 9.95. The number of benzene rings is 2. The van der Waals surface area contributed by atoms with Crippen LogP contribution in [0.15, 0.2) is 42.5 Å². The highest BCUT2D eigenvalue weighted by atomic mass is 127. The molecule has 6 nitrogen and oxygen atoms in total. The van der Waals surface area contributed by atoms with Gasteiger partial charge < -0.3 is 19.7 Å². The second kappa shape index (κ2) is 8.38. The van der Waals surface area contributed by atoms with E-state index in [0.29, 0.717) is 49.5 Å². The number of piperidine rings is 1. The maximum Gasteiger partial charge on any atom is 0.253 e. The number of hydrogen-bond donors (Lipinski definition) is 1. The summed E-state index contributed by atoms with van der Waals surface area (Å²) in [5, 5.41) is 3.02. The molecule has 7 heteroatoms. The number of carbonyl (C=O) groups excluding carboxylic acids is 2. The maximum absolute atomic E-state index is 12.7. The Morgan fingerprint density at radius 2 is 1.75 bits per heavy atom. The highest BCUT2D eigenvalue weighted by Gasteiger charge is 2.28. The van der Waals surface area contributed by atoms with E-state index in [1.165, 1.54) is 3.57 Å². The van der Waals surface area contributed by atoms with Crippen LogP contribution in [0.2, 0.25) is 0 Å². The van der Waals surface area contributed by atoms with E-state index >= 15 is 0 Å². The van der Waals surface area contributed by atoms with Crippen LogP contribution in [0.1, 0.15) is 28.8 Å². The van der Waals surface area contributed by atoms with E-state index in [1.54, 1.807) is 23.1 Å². The molecule has 4 rings (SSSR count). The summed E-state index contributed by atoms with van der Waals surface area (Å²) >= 11 is 2.26. The van der Waals surface area contributed by atoms with Crippen LogP contribution in [0.25, 0.3) is 0 Å². The number of fused-ring (bicyclic) bond motifs is 1.